The molecule has 0 N–H and O–H groups in total. The summed E-state index contributed by atoms with van der Waals surface area (Å²) in [6.45, 7) is 0.734. The van der Waals surface area contributed by atoms with Gasteiger partial charge in [-0.15, -0.1) is 5.10 Å². The molecular formula is C6H11N3O2. The van der Waals surface area contributed by atoms with Crippen LogP contribution in [0.3, 0.4) is 0 Å². The molecule has 1 heterocycles. The van der Waals surface area contributed by atoms with Gasteiger partial charge in [-0.1, -0.05) is 5.21 Å². The van der Waals surface area contributed by atoms with Gasteiger partial charge >= 0.3 is 0 Å². The first-order chi connectivity index (χ1) is 5.33. The average molecular weight is 157 g/mol. The molecule has 1 aromatic rings. The Labute approximate surface area is 64.9 Å². The van der Waals surface area contributed by atoms with Gasteiger partial charge in [0.1, 0.15) is 12.5 Å². The van der Waals surface area contributed by atoms with E-state index in [-0.39, 0.29) is 6.79 Å². The number of ether oxygens (including phenoxy) is 2. The van der Waals surface area contributed by atoms with Crippen molar-refractivity contribution in [2.75, 3.05) is 13.9 Å². The lowest BCUT2D eigenvalue weighted by Gasteiger charge is -1.97. The van der Waals surface area contributed by atoms with Crippen LogP contribution in [-0.2, 0) is 23.1 Å². The highest BCUT2D eigenvalue weighted by atomic mass is 16.7. The molecule has 0 atom stereocenters. The van der Waals surface area contributed by atoms with Crippen molar-refractivity contribution in [1.29, 1.82) is 0 Å². The fourth-order valence-corrected chi connectivity index (χ4v) is 0.691. The first-order valence-corrected chi connectivity index (χ1v) is 3.25. The fraction of sp³-hybridized carbons (Fsp3) is 0.667. The molecule has 5 nitrogen and oxygen atoms in total. The standard InChI is InChI=1S/C6H11N3O2/c1-9-3-6(7-8-9)4-11-5-10-2/h3H,4-5H2,1-2H3. The van der Waals surface area contributed by atoms with Crippen molar-refractivity contribution in [3.8, 4) is 0 Å². The Hall–Kier alpha value is -0.940. The molecule has 1 rings (SSSR count). The van der Waals surface area contributed by atoms with Gasteiger partial charge in [-0.3, -0.25) is 4.68 Å². The lowest BCUT2D eigenvalue weighted by molar-refractivity contribution is -0.0401. The zero-order valence-corrected chi connectivity index (χ0v) is 6.65. The normalized spacial score (nSPS) is 10.4. The molecule has 0 unspecified atom stereocenters. The Morgan fingerprint density at radius 1 is 1.64 bits per heavy atom. The number of hydrogen-bond donors (Lipinski definition) is 0. The second-order valence-corrected chi connectivity index (χ2v) is 2.14. The second-order valence-electron chi connectivity index (χ2n) is 2.14. The molecule has 0 bridgehead atoms. The maximum Gasteiger partial charge on any atom is 0.146 e. The molecule has 62 valence electrons. The van der Waals surface area contributed by atoms with E-state index in [0.717, 1.165) is 5.69 Å². The summed E-state index contributed by atoms with van der Waals surface area (Å²) >= 11 is 0. The predicted octanol–water partition coefficient (Wildman–Crippen LogP) is -0.0644. The van der Waals surface area contributed by atoms with Crippen molar-refractivity contribution in [2.45, 2.75) is 6.61 Å². The number of aromatic nitrogens is 3. The summed E-state index contributed by atoms with van der Waals surface area (Å²) in [5.74, 6) is 0. The third kappa shape index (κ3) is 2.65. The quantitative estimate of drug-likeness (QED) is 0.453. The Balaban J connectivity index is 2.27. The topological polar surface area (TPSA) is 49.2 Å². The summed E-state index contributed by atoms with van der Waals surface area (Å²) in [6, 6.07) is 0. The largest absolute Gasteiger partial charge is 0.359 e. The Bertz CT molecular complexity index is 211. The predicted molar refractivity (Wildman–Crippen MR) is 37.7 cm³/mol. The number of methoxy groups -OCH3 is 1. The number of hydrogen-bond acceptors (Lipinski definition) is 4. The molecule has 0 aromatic carbocycles. The number of nitrogens with zero attached hydrogens (tertiary/aromatic N) is 3. The lowest BCUT2D eigenvalue weighted by Crippen LogP contribution is -1.96. The smallest absolute Gasteiger partial charge is 0.146 e. The molecule has 0 saturated heterocycles. The van der Waals surface area contributed by atoms with Crippen LogP contribution in [0.1, 0.15) is 5.69 Å². The minimum absolute atomic E-state index is 0.288. The van der Waals surface area contributed by atoms with Gasteiger partial charge in [0.2, 0.25) is 0 Å². The van der Waals surface area contributed by atoms with Crippen LogP contribution in [0.2, 0.25) is 0 Å². The maximum atomic E-state index is 5.04. The summed E-state index contributed by atoms with van der Waals surface area (Å²) in [4.78, 5) is 0. The third-order valence-corrected chi connectivity index (χ3v) is 1.10. The van der Waals surface area contributed by atoms with Crippen LogP contribution in [-0.4, -0.2) is 28.9 Å². The van der Waals surface area contributed by atoms with Gasteiger partial charge in [-0.2, -0.15) is 0 Å². The molecule has 5 heteroatoms. The third-order valence-electron chi connectivity index (χ3n) is 1.10. The highest BCUT2D eigenvalue weighted by Gasteiger charge is 1.96. The van der Waals surface area contributed by atoms with Gasteiger partial charge < -0.3 is 9.47 Å². The van der Waals surface area contributed by atoms with Crippen LogP contribution in [0.5, 0.6) is 0 Å². The minimum Gasteiger partial charge on any atom is -0.359 e. The van der Waals surface area contributed by atoms with E-state index >= 15 is 0 Å². The van der Waals surface area contributed by atoms with Crippen LogP contribution >= 0.6 is 0 Å². The van der Waals surface area contributed by atoms with Gasteiger partial charge in [0.25, 0.3) is 0 Å². The summed E-state index contributed by atoms with van der Waals surface area (Å²) in [5, 5.41) is 7.56. The van der Waals surface area contributed by atoms with E-state index in [2.05, 4.69) is 10.3 Å². The molecule has 0 aliphatic rings. The highest BCUT2D eigenvalue weighted by Crippen LogP contribution is 1.93. The van der Waals surface area contributed by atoms with E-state index in [1.807, 2.05) is 7.05 Å². The van der Waals surface area contributed by atoms with E-state index in [0.29, 0.717) is 6.61 Å². The van der Waals surface area contributed by atoms with Gasteiger partial charge in [0, 0.05) is 14.2 Å². The van der Waals surface area contributed by atoms with Gasteiger partial charge in [0.05, 0.1) is 12.8 Å². The Kier molecular flexibility index (Phi) is 3.00. The molecular weight excluding hydrogens is 146 g/mol. The number of rotatable bonds is 4. The van der Waals surface area contributed by atoms with Crippen molar-refractivity contribution >= 4 is 0 Å². The van der Waals surface area contributed by atoms with Crippen LogP contribution in [0.15, 0.2) is 6.20 Å². The van der Waals surface area contributed by atoms with Crippen LogP contribution in [0, 0.1) is 0 Å². The fourth-order valence-electron chi connectivity index (χ4n) is 0.691. The molecule has 1 aromatic heterocycles. The van der Waals surface area contributed by atoms with Crippen molar-refractivity contribution in [3.05, 3.63) is 11.9 Å². The van der Waals surface area contributed by atoms with Gasteiger partial charge in [-0.25, -0.2) is 0 Å². The molecule has 11 heavy (non-hydrogen) atoms. The van der Waals surface area contributed by atoms with Crippen LogP contribution in [0.25, 0.3) is 0 Å². The zero-order valence-electron chi connectivity index (χ0n) is 6.65. The van der Waals surface area contributed by atoms with E-state index in [1.165, 1.54) is 0 Å². The van der Waals surface area contributed by atoms with Crippen LogP contribution in [0.4, 0.5) is 0 Å². The Morgan fingerprint density at radius 3 is 3.00 bits per heavy atom. The first kappa shape index (κ1) is 8.16. The van der Waals surface area contributed by atoms with Gasteiger partial charge in [-0.05, 0) is 0 Å². The molecule has 0 amide bonds. The molecule has 0 radical (unpaired) electrons. The molecule has 0 aliphatic heterocycles. The minimum atomic E-state index is 0.288. The van der Waals surface area contributed by atoms with Crippen molar-refractivity contribution in [3.63, 3.8) is 0 Å². The van der Waals surface area contributed by atoms with Crippen LogP contribution < -0.4 is 0 Å². The molecule has 0 spiro atoms. The van der Waals surface area contributed by atoms with E-state index in [4.69, 9.17) is 9.47 Å². The van der Waals surface area contributed by atoms with E-state index in [9.17, 15) is 0 Å². The first-order valence-electron chi connectivity index (χ1n) is 3.25. The summed E-state index contributed by atoms with van der Waals surface area (Å²) in [6.07, 6.45) is 1.80. The van der Waals surface area contributed by atoms with Crippen molar-refractivity contribution in [1.82, 2.24) is 15.0 Å². The second kappa shape index (κ2) is 4.05. The van der Waals surface area contributed by atoms with Gasteiger partial charge in [0.15, 0.2) is 0 Å². The lowest BCUT2D eigenvalue weighted by atomic mass is 10.5. The monoisotopic (exact) mass is 157 g/mol. The summed E-state index contributed by atoms with van der Waals surface area (Å²) < 4.78 is 11.4. The van der Waals surface area contributed by atoms with E-state index < -0.39 is 0 Å². The average Bonchev–Trinajstić information content (AvgIpc) is 2.37. The Morgan fingerprint density at radius 2 is 2.45 bits per heavy atom. The van der Waals surface area contributed by atoms with Crippen molar-refractivity contribution < 1.29 is 9.47 Å². The maximum absolute atomic E-state index is 5.04. The van der Waals surface area contributed by atoms with E-state index in [1.54, 1.807) is 18.0 Å². The molecule has 0 fully saturated rings. The summed E-state index contributed by atoms with van der Waals surface area (Å²) in [7, 11) is 3.39. The summed E-state index contributed by atoms with van der Waals surface area (Å²) in [5.41, 5.74) is 0.810. The van der Waals surface area contributed by atoms with Crippen molar-refractivity contribution in [2.24, 2.45) is 7.05 Å². The number of aryl methyl sites for hydroxylation is 1. The zero-order chi connectivity index (χ0) is 8.10. The molecule has 0 aliphatic carbocycles. The highest BCUT2D eigenvalue weighted by molar-refractivity contribution is 4.88. The SMILES string of the molecule is COCOCc1cn(C)nn1. The molecule has 0 saturated carbocycles.